The molecule has 0 aliphatic carbocycles. The van der Waals surface area contributed by atoms with Crippen LogP contribution < -0.4 is 0 Å². The minimum atomic E-state index is -0.785. The standard InChI is InChI=1S/C16H16O2/c1-12(16(17)18)15-9-5-8-14(11-15)10-13-6-3-2-4-7-13/h2-9,11-12H,10H2,1H3,(H,17,18)/t12-/m0/s1. The molecule has 0 aliphatic heterocycles. The number of carbonyl (C=O) groups is 1. The lowest BCUT2D eigenvalue weighted by Gasteiger charge is -2.09. The number of hydrogen-bond donors (Lipinski definition) is 1. The largest absolute Gasteiger partial charge is 0.481 e. The fourth-order valence-corrected chi connectivity index (χ4v) is 1.95. The molecule has 0 unspecified atom stereocenters. The summed E-state index contributed by atoms with van der Waals surface area (Å²) in [4.78, 5) is 11.0. The molecular weight excluding hydrogens is 224 g/mol. The van der Waals surface area contributed by atoms with Crippen molar-refractivity contribution < 1.29 is 9.90 Å². The predicted molar refractivity (Wildman–Crippen MR) is 71.7 cm³/mol. The Labute approximate surface area is 107 Å². The van der Waals surface area contributed by atoms with Gasteiger partial charge in [0.25, 0.3) is 0 Å². The van der Waals surface area contributed by atoms with Crippen molar-refractivity contribution in [2.45, 2.75) is 19.3 Å². The number of rotatable bonds is 4. The molecular formula is C16H16O2. The summed E-state index contributed by atoms with van der Waals surface area (Å²) in [5.74, 6) is -1.24. The van der Waals surface area contributed by atoms with Gasteiger partial charge < -0.3 is 5.11 Å². The van der Waals surface area contributed by atoms with Gasteiger partial charge in [-0.15, -0.1) is 0 Å². The molecule has 1 atom stereocenters. The van der Waals surface area contributed by atoms with E-state index in [1.165, 1.54) is 5.56 Å². The van der Waals surface area contributed by atoms with Crippen LogP contribution in [0.2, 0.25) is 0 Å². The Bertz CT molecular complexity index is 532. The van der Waals surface area contributed by atoms with Crippen molar-refractivity contribution in [3.8, 4) is 0 Å². The zero-order valence-corrected chi connectivity index (χ0v) is 10.3. The second-order valence-electron chi connectivity index (χ2n) is 4.47. The average molecular weight is 240 g/mol. The lowest BCUT2D eigenvalue weighted by molar-refractivity contribution is -0.138. The summed E-state index contributed by atoms with van der Waals surface area (Å²) < 4.78 is 0. The minimum Gasteiger partial charge on any atom is -0.481 e. The van der Waals surface area contributed by atoms with Crippen LogP contribution in [0.15, 0.2) is 54.6 Å². The van der Waals surface area contributed by atoms with Gasteiger partial charge in [-0.05, 0) is 30.0 Å². The number of carboxylic acid groups (broad SMARTS) is 1. The molecule has 2 aromatic carbocycles. The van der Waals surface area contributed by atoms with Crippen LogP contribution in [0, 0.1) is 0 Å². The molecule has 0 amide bonds. The lowest BCUT2D eigenvalue weighted by Crippen LogP contribution is -2.07. The second-order valence-corrected chi connectivity index (χ2v) is 4.47. The molecule has 0 saturated carbocycles. The van der Waals surface area contributed by atoms with Gasteiger partial charge in [-0.2, -0.15) is 0 Å². The molecule has 0 spiro atoms. The van der Waals surface area contributed by atoms with Gasteiger partial charge >= 0.3 is 5.97 Å². The van der Waals surface area contributed by atoms with Crippen LogP contribution in [0.5, 0.6) is 0 Å². The Morgan fingerprint density at radius 3 is 2.39 bits per heavy atom. The van der Waals surface area contributed by atoms with Crippen molar-refractivity contribution in [1.29, 1.82) is 0 Å². The quantitative estimate of drug-likeness (QED) is 0.888. The molecule has 0 aliphatic rings. The zero-order chi connectivity index (χ0) is 13.0. The Hall–Kier alpha value is -2.09. The Balaban J connectivity index is 2.20. The van der Waals surface area contributed by atoms with Crippen LogP contribution in [-0.2, 0) is 11.2 Å². The van der Waals surface area contributed by atoms with E-state index < -0.39 is 11.9 Å². The maximum Gasteiger partial charge on any atom is 0.310 e. The average Bonchev–Trinajstić information content (AvgIpc) is 2.39. The van der Waals surface area contributed by atoms with E-state index in [0.29, 0.717) is 0 Å². The molecule has 2 nitrogen and oxygen atoms in total. The molecule has 0 bridgehead atoms. The number of carboxylic acids is 1. The maximum absolute atomic E-state index is 11.0. The van der Waals surface area contributed by atoms with E-state index in [4.69, 9.17) is 5.11 Å². The highest BCUT2D eigenvalue weighted by Gasteiger charge is 2.13. The van der Waals surface area contributed by atoms with Crippen molar-refractivity contribution in [2.24, 2.45) is 0 Å². The first-order valence-corrected chi connectivity index (χ1v) is 6.02. The molecule has 1 N–H and O–H groups in total. The highest BCUT2D eigenvalue weighted by molar-refractivity contribution is 5.75. The van der Waals surface area contributed by atoms with Gasteiger partial charge in [0.2, 0.25) is 0 Å². The summed E-state index contributed by atoms with van der Waals surface area (Å²) >= 11 is 0. The first-order chi connectivity index (χ1) is 8.66. The molecule has 0 aromatic heterocycles. The summed E-state index contributed by atoms with van der Waals surface area (Å²) in [5, 5.41) is 9.02. The SMILES string of the molecule is C[C@H](C(=O)O)c1cccc(Cc2ccccc2)c1. The van der Waals surface area contributed by atoms with E-state index in [-0.39, 0.29) is 0 Å². The van der Waals surface area contributed by atoms with Crippen molar-refractivity contribution in [2.75, 3.05) is 0 Å². The smallest absolute Gasteiger partial charge is 0.310 e. The van der Waals surface area contributed by atoms with Gasteiger partial charge in [0, 0.05) is 0 Å². The fraction of sp³-hybridized carbons (Fsp3) is 0.188. The van der Waals surface area contributed by atoms with Gasteiger partial charge in [0.15, 0.2) is 0 Å². The van der Waals surface area contributed by atoms with Crippen LogP contribution in [-0.4, -0.2) is 11.1 Å². The van der Waals surface area contributed by atoms with Gasteiger partial charge in [0.05, 0.1) is 5.92 Å². The van der Waals surface area contributed by atoms with Crippen LogP contribution in [0.4, 0.5) is 0 Å². The molecule has 92 valence electrons. The third-order valence-electron chi connectivity index (χ3n) is 3.07. The number of aliphatic carboxylic acids is 1. The molecule has 0 fully saturated rings. The van der Waals surface area contributed by atoms with Gasteiger partial charge in [-0.1, -0.05) is 54.6 Å². The molecule has 18 heavy (non-hydrogen) atoms. The predicted octanol–water partition coefficient (Wildman–Crippen LogP) is 3.47. The number of benzene rings is 2. The van der Waals surface area contributed by atoms with Crippen LogP contribution >= 0.6 is 0 Å². The minimum absolute atomic E-state index is 0.458. The Kier molecular flexibility index (Phi) is 3.78. The van der Waals surface area contributed by atoms with E-state index in [0.717, 1.165) is 17.5 Å². The van der Waals surface area contributed by atoms with Gasteiger partial charge in [-0.3, -0.25) is 4.79 Å². The summed E-state index contributed by atoms with van der Waals surface area (Å²) in [5.41, 5.74) is 3.24. The van der Waals surface area contributed by atoms with E-state index >= 15 is 0 Å². The third-order valence-corrected chi connectivity index (χ3v) is 3.07. The monoisotopic (exact) mass is 240 g/mol. The normalized spacial score (nSPS) is 12.1. The van der Waals surface area contributed by atoms with E-state index in [1.54, 1.807) is 6.92 Å². The van der Waals surface area contributed by atoms with Crippen LogP contribution in [0.3, 0.4) is 0 Å². The summed E-state index contributed by atoms with van der Waals surface area (Å²) in [6.07, 6.45) is 0.834. The number of hydrogen-bond acceptors (Lipinski definition) is 1. The molecule has 0 radical (unpaired) electrons. The zero-order valence-electron chi connectivity index (χ0n) is 10.3. The lowest BCUT2D eigenvalue weighted by atomic mass is 9.96. The molecule has 2 heteroatoms. The van der Waals surface area contributed by atoms with E-state index in [1.807, 2.05) is 42.5 Å². The van der Waals surface area contributed by atoms with Crippen LogP contribution in [0.1, 0.15) is 29.5 Å². The highest BCUT2D eigenvalue weighted by atomic mass is 16.4. The third kappa shape index (κ3) is 2.98. The molecule has 0 saturated heterocycles. The highest BCUT2D eigenvalue weighted by Crippen LogP contribution is 2.18. The fourth-order valence-electron chi connectivity index (χ4n) is 1.95. The van der Waals surface area contributed by atoms with E-state index in [2.05, 4.69) is 12.1 Å². The molecule has 2 rings (SSSR count). The first-order valence-electron chi connectivity index (χ1n) is 6.02. The van der Waals surface area contributed by atoms with Crippen molar-refractivity contribution in [3.63, 3.8) is 0 Å². The van der Waals surface area contributed by atoms with Crippen molar-refractivity contribution >= 4 is 5.97 Å². The Morgan fingerprint density at radius 1 is 1.06 bits per heavy atom. The Morgan fingerprint density at radius 2 is 1.72 bits per heavy atom. The summed E-state index contributed by atoms with van der Waals surface area (Å²) in [7, 11) is 0. The molecule has 2 aromatic rings. The topological polar surface area (TPSA) is 37.3 Å². The van der Waals surface area contributed by atoms with Crippen molar-refractivity contribution in [1.82, 2.24) is 0 Å². The van der Waals surface area contributed by atoms with Gasteiger partial charge in [-0.25, -0.2) is 0 Å². The molecule has 0 heterocycles. The first kappa shape index (κ1) is 12.4. The summed E-state index contributed by atoms with van der Waals surface area (Å²) in [6, 6.07) is 18.0. The van der Waals surface area contributed by atoms with E-state index in [9.17, 15) is 4.79 Å². The van der Waals surface area contributed by atoms with Crippen LogP contribution in [0.25, 0.3) is 0 Å². The summed E-state index contributed by atoms with van der Waals surface area (Å²) in [6.45, 7) is 1.71. The second kappa shape index (κ2) is 5.50. The maximum atomic E-state index is 11.0. The van der Waals surface area contributed by atoms with Gasteiger partial charge in [0.1, 0.15) is 0 Å². The van der Waals surface area contributed by atoms with Crippen molar-refractivity contribution in [3.05, 3.63) is 71.3 Å².